The van der Waals surface area contributed by atoms with E-state index in [0.717, 1.165) is 0 Å². The molecule has 2 amide bonds. The highest BCUT2D eigenvalue weighted by molar-refractivity contribution is 6.02. The Morgan fingerprint density at radius 1 is 0.848 bits per heavy atom. The van der Waals surface area contributed by atoms with Crippen molar-refractivity contribution in [1.29, 1.82) is 0 Å². The van der Waals surface area contributed by atoms with E-state index in [0.29, 0.717) is 36.1 Å². The number of hydrogen-bond donors (Lipinski definition) is 3. The largest absolute Gasteiger partial charge is 0.486 e. The highest BCUT2D eigenvalue weighted by Gasteiger charge is 2.17. The summed E-state index contributed by atoms with van der Waals surface area (Å²) in [4.78, 5) is 25.1. The topological polar surface area (TPSA) is 97.9 Å². The molecule has 33 heavy (non-hydrogen) atoms. The first-order valence-corrected chi connectivity index (χ1v) is 9.91. The summed E-state index contributed by atoms with van der Waals surface area (Å²) in [5.74, 6) is -0.0548. The molecule has 3 aromatic carbocycles. The number of ether oxygens (including phenoxy) is 3. The number of anilines is 2. The maximum atomic E-state index is 12.7. The molecule has 0 saturated carbocycles. The van der Waals surface area contributed by atoms with Crippen molar-refractivity contribution in [2.24, 2.45) is 0 Å². The Kier molecular flexibility index (Phi) is 6.53. The number of nitrogens with one attached hydrogen (secondary N) is 3. The van der Waals surface area contributed by atoms with Gasteiger partial charge in [0.2, 0.25) is 0 Å². The van der Waals surface area contributed by atoms with Crippen LogP contribution in [-0.2, 0) is 0 Å². The van der Waals surface area contributed by atoms with Gasteiger partial charge in [0.15, 0.2) is 11.5 Å². The molecule has 0 aromatic heterocycles. The minimum Gasteiger partial charge on any atom is -0.486 e. The van der Waals surface area contributed by atoms with Crippen molar-refractivity contribution < 1.29 is 32.6 Å². The standard InChI is InChI=1S/C23H19F2N3O5/c24-23(25)33-16-8-6-15(7-9-16)26-18-4-2-1-3-17(18)22(30)28-27-21(29)14-5-10-19-20(13-14)32-12-11-31-19/h1-10,13,23,26H,11-12H2,(H,27,29)(H,28,30). The van der Waals surface area contributed by atoms with Crippen LogP contribution < -0.4 is 30.4 Å². The summed E-state index contributed by atoms with van der Waals surface area (Å²) in [5, 5.41) is 3.04. The van der Waals surface area contributed by atoms with Crippen molar-refractivity contribution in [1.82, 2.24) is 10.9 Å². The average Bonchev–Trinajstić information content (AvgIpc) is 2.83. The first-order chi connectivity index (χ1) is 16.0. The summed E-state index contributed by atoms with van der Waals surface area (Å²) in [6.07, 6.45) is 0. The maximum absolute atomic E-state index is 12.7. The molecule has 1 heterocycles. The van der Waals surface area contributed by atoms with Crippen molar-refractivity contribution >= 4 is 23.2 Å². The first kappa shape index (κ1) is 21.9. The van der Waals surface area contributed by atoms with E-state index in [9.17, 15) is 18.4 Å². The predicted molar refractivity (Wildman–Crippen MR) is 115 cm³/mol. The van der Waals surface area contributed by atoms with Crippen molar-refractivity contribution in [2.45, 2.75) is 6.61 Å². The van der Waals surface area contributed by atoms with Gasteiger partial charge >= 0.3 is 6.61 Å². The van der Waals surface area contributed by atoms with Gasteiger partial charge in [-0.15, -0.1) is 0 Å². The molecule has 3 aromatic rings. The first-order valence-electron chi connectivity index (χ1n) is 9.91. The van der Waals surface area contributed by atoms with Crippen molar-refractivity contribution in [3.05, 3.63) is 77.9 Å². The van der Waals surface area contributed by atoms with Crippen LogP contribution in [0.2, 0.25) is 0 Å². The Bertz CT molecular complexity index is 1160. The molecular formula is C23H19F2N3O5. The molecule has 0 bridgehead atoms. The number of hydrazine groups is 1. The Balaban J connectivity index is 1.40. The zero-order valence-electron chi connectivity index (χ0n) is 17.1. The Morgan fingerprint density at radius 2 is 1.55 bits per heavy atom. The highest BCUT2D eigenvalue weighted by atomic mass is 19.3. The number of amides is 2. The lowest BCUT2D eigenvalue weighted by molar-refractivity contribution is -0.0498. The summed E-state index contributed by atoms with van der Waals surface area (Å²) >= 11 is 0. The molecule has 10 heteroatoms. The molecule has 0 fully saturated rings. The lowest BCUT2D eigenvalue weighted by Gasteiger charge is -2.18. The van der Waals surface area contributed by atoms with Crippen molar-refractivity contribution in [3.8, 4) is 17.2 Å². The van der Waals surface area contributed by atoms with Gasteiger partial charge in [0.05, 0.1) is 11.3 Å². The molecule has 0 aliphatic carbocycles. The lowest BCUT2D eigenvalue weighted by atomic mass is 10.1. The number of carbonyl (C=O) groups is 2. The quantitative estimate of drug-likeness (QED) is 0.488. The Morgan fingerprint density at radius 3 is 2.30 bits per heavy atom. The van der Waals surface area contributed by atoms with Crippen LogP contribution in [0.3, 0.4) is 0 Å². The molecule has 170 valence electrons. The minimum absolute atomic E-state index is 0.0171. The minimum atomic E-state index is -2.91. The zero-order valence-corrected chi connectivity index (χ0v) is 17.1. The van der Waals surface area contributed by atoms with Crippen molar-refractivity contribution in [3.63, 3.8) is 0 Å². The number of hydrogen-bond acceptors (Lipinski definition) is 6. The van der Waals surface area contributed by atoms with Crippen LogP contribution in [0, 0.1) is 0 Å². The van der Waals surface area contributed by atoms with Crippen LogP contribution in [0.5, 0.6) is 17.2 Å². The molecule has 0 spiro atoms. The molecule has 1 aliphatic rings. The summed E-state index contributed by atoms with van der Waals surface area (Å²) in [5.41, 5.74) is 6.30. The third-order valence-corrected chi connectivity index (χ3v) is 4.62. The number of para-hydroxylation sites is 1. The summed E-state index contributed by atoms with van der Waals surface area (Å²) in [6, 6.07) is 17.2. The van der Waals surface area contributed by atoms with Gasteiger partial charge in [-0.3, -0.25) is 20.4 Å². The molecule has 0 unspecified atom stereocenters. The van der Waals surface area contributed by atoms with E-state index in [4.69, 9.17) is 9.47 Å². The lowest BCUT2D eigenvalue weighted by Crippen LogP contribution is -2.41. The number of carbonyl (C=O) groups excluding carboxylic acids is 2. The second-order valence-electron chi connectivity index (χ2n) is 6.84. The third-order valence-electron chi connectivity index (χ3n) is 4.62. The SMILES string of the molecule is O=C(NNC(=O)c1ccccc1Nc1ccc(OC(F)F)cc1)c1ccc2c(c1)OCCO2. The molecule has 0 saturated heterocycles. The van der Waals surface area contributed by atoms with Crippen LogP contribution >= 0.6 is 0 Å². The predicted octanol–water partition coefficient (Wildman–Crippen LogP) is 3.88. The summed E-state index contributed by atoms with van der Waals surface area (Å²) < 4.78 is 39.8. The van der Waals surface area contributed by atoms with E-state index < -0.39 is 18.4 Å². The second kappa shape index (κ2) is 9.86. The van der Waals surface area contributed by atoms with Gasteiger partial charge in [-0.05, 0) is 54.6 Å². The number of rotatable bonds is 6. The van der Waals surface area contributed by atoms with E-state index in [1.165, 1.54) is 30.3 Å². The molecule has 0 atom stereocenters. The van der Waals surface area contributed by atoms with Gasteiger partial charge < -0.3 is 19.5 Å². The normalized spacial score (nSPS) is 12.1. The van der Waals surface area contributed by atoms with E-state index in [2.05, 4.69) is 20.9 Å². The highest BCUT2D eigenvalue weighted by Crippen LogP contribution is 2.30. The fourth-order valence-corrected chi connectivity index (χ4v) is 3.10. The van der Waals surface area contributed by atoms with Gasteiger partial charge in [0.1, 0.15) is 19.0 Å². The number of alkyl halides is 2. The number of halogens is 2. The number of benzene rings is 3. The van der Waals surface area contributed by atoms with E-state index in [1.54, 1.807) is 36.4 Å². The van der Waals surface area contributed by atoms with Gasteiger partial charge in [-0.2, -0.15) is 8.78 Å². The number of fused-ring (bicyclic) bond motifs is 1. The molecule has 1 aliphatic heterocycles. The van der Waals surface area contributed by atoms with Crippen LogP contribution in [-0.4, -0.2) is 31.6 Å². The summed E-state index contributed by atoms with van der Waals surface area (Å²) in [7, 11) is 0. The van der Waals surface area contributed by atoms with Gasteiger partial charge in [0.25, 0.3) is 11.8 Å². The Hall–Kier alpha value is -4.34. The molecule has 0 radical (unpaired) electrons. The average molecular weight is 455 g/mol. The van der Waals surface area contributed by atoms with Crippen molar-refractivity contribution in [2.75, 3.05) is 18.5 Å². The van der Waals surface area contributed by atoms with Crippen LogP contribution in [0.15, 0.2) is 66.7 Å². The fourth-order valence-electron chi connectivity index (χ4n) is 3.10. The van der Waals surface area contributed by atoms with E-state index in [1.807, 2.05) is 0 Å². The van der Waals surface area contributed by atoms with Gasteiger partial charge in [-0.1, -0.05) is 12.1 Å². The fraction of sp³-hybridized carbons (Fsp3) is 0.130. The second-order valence-corrected chi connectivity index (χ2v) is 6.84. The van der Waals surface area contributed by atoms with Gasteiger partial charge in [-0.25, -0.2) is 0 Å². The third kappa shape index (κ3) is 5.48. The maximum Gasteiger partial charge on any atom is 0.387 e. The summed E-state index contributed by atoms with van der Waals surface area (Å²) in [6.45, 7) is -2.08. The van der Waals surface area contributed by atoms with E-state index >= 15 is 0 Å². The molecular weight excluding hydrogens is 436 g/mol. The molecule has 4 rings (SSSR count). The monoisotopic (exact) mass is 455 g/mol. The molecule has 8 nitrogen and oxygen atoms in total. The molecule has 3 N–H and O–H groups in total. The van der Waals surface area contributed by atoms with Gasteiger partial charge in [0, 0.05) is 11.3 Å². The van der Waals surface area contributed by atoms with E-state index in [-0.39, 0.29) is 16.9 Å². The Labute approximate surface area is 187 Å². The zero-order chi connectivity index (χ0) is 23.2. The van der Waals surface area contributed by atoms with Crippen LogP contribution in [0.4, 0.5) is 20.2 Å². The van der Waals surface area contributed by atoms with Crippen LogP contribution in [0.25, 0.3) is 0 Å². The van der Waals surface area contributed by atoms with Crippen LogP contribution in [0.1, 0.15) is 20.7 Å². The smallest absolute Gasteiger partial charge is 0.387 e.